The highest BCUT2D eigenvalue weighted by molar-refractivity contribution is 5.82. The van der Waals surface area contributed by atoms with Crippen LogP contribution in [0.1, 0.15) is 12.0 Å². The fourth-order valence-electron chi connectivity index (χ4n) is 2.04. The number of para-hydroxylation sites is 1. The molecular weight excluding hydrogens is 214 g/mol. The number of hydrogen-bond donors (Lipinski definition) is 0. The van der Waals surface area contributed by atoms with E-state index in [-0.39, 0.29) is 5.91 Å². The summed E-state index contributed by atoms with van der Waals surface area (Å²) in [4.78, 5) is 15.5. The summed E-state index contributed by atoms with van der Waals surface area (Å²) >= 11 is 0. The van der Waals surface area contributed by atoms with Crippen molar-refractivity contribution in [1.29, 1.82) is 5.26 Å². The Balaban J connectivity index is 2.27. The summed E-state index contributed by atoms with van der Waals surface area (Å²) in [5.74, 6) is 0.107. The Morgan fingerprint density at radius 1 is 1.29 bits per heavy atom. The maximum atomic E-state index is 11.8. The number of nitriles is 1. The number of hydrogen-bond acceptors (Lipinski definition) is 3. The van der Waals surface area contributed by atoms with E-state index in [9.17, 15) is 4.79 Å². The van der Waals surface area contributed by atoms with Crippen LogP contribution in [0.4, 0.5) is 5.69 Å². The lowest BCUT2D eigenvalue weighted by Gasteiger charge is -2.22. The quantitative estimate of drug-likeness (QED) is 0.727. The molecule has 0 aromatic heterocycles. The Labute approximate surface area is 101 Å². The van der Waals surface area contributed by atoms with Crippen molar-refractivity contribution in [3.63, 3.8) is 0 Å². The topological polar surface area (TPSA) is 47.3 Å². The SMILES string of the molecule is CN1CCCN(c2ccccc2C#N)CC1=O. The maximum Gasteiger partial charge on any atom is 0.241 e. The molecule has 1 aromatic rings. The second-order valence-electron chi connectivity index (χ2n) is 4.22. The molecule has 0 radical (unpaired) electrons. The van der Waals surface area contributed by atoms with E-state index in [0.717, 1.165) is 25.2 Å². The molecule has 4 nitrogen and oxygen atoms in total. The lowest BCUT2D eigenvalue weighted by molar-refractivity contribution is -0.127. The van der Waals surface area contributed by atoms with Crippen LogP contribution in [0.25, 0.3) is 0 Å². The van der Waals surface area contributed by atoms with Crippen LogP contribution in [0.5, 0.6) is 0 Å². The number of likely N-dealkylation sites (N-methyl/N-ethyl adjacent to an activating group) is 1. The second-order valence-corrected chi connectivity index (χ2v) is 4.22. The zero-order valence-electron chi connectivity index (χ0n) is 9.89. The van der Waals surface area contributed by atoms with E-state index in [1.165, 1.54) is 0 Å². The van der Waals surface area contributed by atoms with Gasteiger partial charge in [0.2, 0.25) is 5.91 Å². The van der Waals surface area contributed by atoms with Gasteiger partial charge in [-0.05, 0) is 18.6 Å². The monoisotopic (exact) mass is 229 g/mol. The first kappa shape index (κ1) is 11.5. The zero-order chi connectivity index (χ0) is 12.3. The third kappa shape index (κ3) is 2.39. The molecule has 0 unspecified atom stereocenters. The van der Waals surface area contributed by atoms with Crippen molar-refractivity contribution in [1.82, 2.24) is 4.90 Å². The van der Waals surface area contributed by atoms with Crippen molar-refractivity contribution in [2.75, 3.05) is 31.6 Å². The van der Waals surface area contributed by atoms with Crippen molar-refractivity contribution >= 4 is 11.6 Å². The standard InChI is InChI=1S/C13H15N3O/c1-15-7-4-8-16(10-13(15)17)12-6-3-2-5-11(12)9-14/h2-3,5-6H,4,7-8,10H2,1H3. The smallest absolute Gasteiger partial charge is 0.241 e. The predicted octanol–water partition coefficient (Wildman–Crippen LogP) is 1.23. The first-order valence-corrected chi connectivity index (χ1v) is 5.70. The molecule has 0 spiro atoms. The number of benzene rings is 1. The molecule has 1 saturated heterocycles. The van der Waals surface area contributed by atoms with Gasteiger partial charge >= 0.3 is 0 Å². The molecule has 0 aliphatic carbocycles. The van der Waals surface area contributed by atoms with E-state index < -0.39 is 0 Å². The van der Waals surface area contributed by atoms with Crippen LogP contribution in [0.2, 0.25) is 0 Å². The molecular formula is C13H15N3O. The number of rotatable bonds is 1. The summed E-state index contributed by atoms with van der Waals surface area (Å²) in [7, 11) is 1.82. The lowest BCUT2D eigenvalue weighted by Crippen LogP contribution is -2.34. The van der Waals surface area contributed by atoms with Crippen molar-refractivity contribution in [3.05, 3.63) is 29.8 Å². The highest BCUT2D eigenvalue weighted by Crippen LogP contribution is 2.21. The molecule has 0 saturated carbocycles. The molecule has 0 bridgehead atoms. The Kier molecular flexibility index (Phi) is 3.29. The van der Waals surface area contributed by atoms with Crippen LogP contribution in [-0.2, 0) is 4.79 Å². The first-order valence-electron chi connectivity index (χ1n) is 5.70. The minimum absolute atomic E-state index is 0.107. The van der Waals surface area contributed by atoms with Gasteiger partial charge in [-0.1, -0.05) is 12.1 Å². The lowest BCUT2D eigenvalue weighted by atomic mass is 10.1. The summed E-state index contributed by atoms with van der Waals surface area (Å²) in [6, 6.07) is 9.60. The number of nitrogens with zero attached hydrogens (tertiary/aromatic N) is 3. The molecule has 1 amide bonds. The van der Waals surface area contributed by atoms with Gasteiger partial charge in [0.05, 0.1) is 17.8 Å². The summed E-state index contributed by atoms with van der Waals surface area (Å²) < 4.78 is 0. The van der Waals surface area contributed by atoms with Crippen LogP contribution >= 0.6 is 0 Å². The molecule has 17 heavy (non-hydrogen) atoms. The van der Waals surface area contributed by atoms with Crippen molar-refractivity contribution < 1.29 is 4.79 Å². The normalized spacial score (nSPS) is 16.6. The van der Waals surface area contributed by atoms with Crippen LogP contribution in [0.3, 0.4) is 0 Å². The summed E-state index contributed by atoms with van der Waals surface area (Å²) in [6.07, 6.45) is 0.933. The minimum Gasteiger partial charge on any atom is -0.361 e. The average molecular weight is 229 g/mol. The van der Waals surface area contributed by atoms with Crippen molar-refractivity contribution in [2.24, 2.45) is 0 Å². The number of carbonyl (C=O) groups excluding carboxylic acids is 1. The fourth-order valence-corrected chi connectivity index (χ4v) is 2.04. The van der Waals surface area contributed by atoms with E-state index in [0.29, 0.717) is 12.1 Å². The van der Waals surface area contributed by atoms with E-state index in [2.05, 4.69) is 6.07 Å². The third-order valence-corrected chi connectivity index (χ3v) is 3.04. The molecule has 1 fully saturated rings. The molecule has 4 heteroatoms. The summed E-state index contributed by atoms with van der Waals surface area (Å²) in [5.41, 5.74) is 1.49. The summed E-state index contributed by atoms with van der Waals surface area (Å²) in [5, 5.41) is 9.07. The van der Waals surface area contributed by atoms with Gasteiger partial charge in [-0.2, -0.15) is 5.26 Å². The van der Waals surface area contributed by atoms with Crippen molar-refractivity contribution in [3.8, 4) is 6.07 Å². The zero-order valence-corrected chi connectivity index (χ0v) is 9.89. The molecule has 0 N–H and O–H groups in total. The Morgan fingerprint density at radius 3 is 2.82 bits per heavy atom. The van der Waals surface area contributed by atoms with Gasteiger partial charge in [-0.15, -0.1) is 0 Å². The molecule has 0 atom stereocenters. The molecule has 88 valence electrons. The van der Waals surface area contributed by atoms with Gasteiger partial charge in [0.25, 0.3) is 0 Å². The number of carbonyl (C=O) groups is 1. The van der Waals surface area contributed by atoms with Gasteiger partial charge in [0, 0.05) is 20.1 Å². The van der Waals surface area contributed by atoms with E-state index in [1.54, 1.807) is 11.0 Å². The molecule has 1 heterocycles. The van der Waals surface area contributed by atoms with Crippen LogP contribution in [0, 0.1) is 11.3 Å². The average Bonchev–Trinajstić information content (AvgIpc) is 2.52. The van der Waals surface area contributed by atoms with E-state index in [1.807, 2.05) is 30.1 Å². The molecule has 2 rings (SSSR count). The summed E-state index contributed by atoms with van der Waals surface area (Å²) in [6.45, 7) is 1.95. The highest BCUT2D eigenvalue weighted by atomic mass is 16.2. The van der Waals surface area contributed by atoms with Gasteiger partial charge in [0.1, 0.15) is 6.07 Å². The van der Waals surface area contributed by atoms with Crippen LogP contribution in [0.15, 0.2) is 24.3 Å². The third-order valence-electron chi connectivity index (χ3n) is 3.04. The maximum absolute atomic E-state index is 11.8. The number of anilines is 1. The van der Waals surface area contributed by atoms with Crippen LogP contribution in [-0.4, -0.2) is 37.5 Å². The Hall–Kier alpha value is -2.02. The Bertz CT molecular complexity index is 464. The molecule has 1 aromatic carbocycles. The minimum atomic E-state index is 0.107. The molecule has 1 aliphatic heterocycles. The Morgan fingerprint density at radius 2 is 2.06 bits per heavy atom. The molecule has 1 aliphatic rings. The van der Waals surface area contributed by atoms with Gasteiger partial charge in [-0.3, -0.25) is 4.79 Å². The van der Waals surface area contributed by atoms with E-state index in [4.69, 9.17) is 5.26 Å². The largest absolute Gasteiger partial charge is 0.361 e. The predicted molar refractivity (Wildman–Crippen MR) is 65.6 cm³/mol. The first-order chi connectivity index (χ1) is 8.22. The van der Waals surface area contributed by atoms with Crippen LogP contribution < -0.4 is 4.90 Å². The van der Waals surface area contributed by atoms with E-state index >= 15 is 0 Å². The second kappa shape index (κ2) is 4.88. The van der Waals surface area contributed by atoms with Gasteiger partial charge < -0.3 is 9.80 Å². The highest BCUT2D eigenvalue weighted by Gasteiger charge is 2.20. The fraction of sp³-hybridized carbons (Fsp3) is 0.385. The number of amides is 1. The van der Waals surface area contributed by atoms with Crippen molar-refractivity contribution in [2.45, 2.75) is 6.42 Å². The van der Waals surface area contributed by atoms with Gasteiger partial charge in [-0.25, -0.2) is 0 Å². The van der Waals surface area contributed by atoms with Gasteiger partial charge in [0.15, 0.2) is 0 Å².